The number of rotatable bonds is 5. The highest BCUT2D eigenvalue weighted by atomic mass is 16.5. The number of aromatic nitrogens is 2. The zero-order valence-electron chi connectivity index (χ0n) is 15.6. The van der Waals surface area contributed by atoms with E-state index in [1.54, 1.807) is 35.2 Å². The molecule has 148 valence electrons. The van der Waals surface area contributed by atoms with Gasteiger partial charge in [-0.3, -0.25) is 14.7 Å². The summed E-state index contributed by atoms with van der Waals surface area (Å²) >= 11 is 0. The van der Waals surface area contributed by atoms with Crippen LogP contribution in [0.1, 0.15) is 20.8 Å². The third-order valence-corrected chi connectivity index (χ3v) is 4.63. The lowest BCUT2D eigenvalue weighted by atomic mass is 10.1. The van der Waals surface area contributed by atoms with Crippen LogP contribution in [0, 0.1) is 0 Å². The van der Waals surface area contributed by atoms with Crippen molar-refractivity contribution in [2.75, 3.05) is 31.7 Å². The first-order valence-electron chi connectivity index (χ1n) is 8.95. The molecule has 4 rings (SSSR count). The summed E-state index contributed by atoms with van der Waals surface area (Å²) < 4.78 is 10.1. The molecule has 29 heavy (non-hydrogen) atoms. The van der Waals surface area contributed by atoms with Gasteiger partial charge in [-0.2, -0.15) is 5.10 Å². The van der Waals surface area contributed by atoms with Gasteiger partial charge >= 0.3 is 5.97 Å². The van der Waals surface area contributed by atoms with E-state index in [0.29, 0.717) is 34.4 Å². The molecule has 2 heterocycles. The van der Waals surface area contributed by atoms with E-state index in [-0.39, 0.29) is 30.7 Å². The number of hydrogen-bond acceptors (Lipinski definition) is 6. The highest BCUT2D eigenvalue weighted by Crippen LogP contribution is 2.31. The molecule has 0 atom stereocenters. The highest BCUT2D eigenvalue weighted by Gasteiger charge is 2.25. The van der Waals surface area contributed by atoms with Crippen LogP contribution in [0.15, 0.2) is 42.5 Å². The van der Waals surface area contributed by atoms with Crippen molar-refractivity contribution in [2.45, 2.75) is 0 Å². The lowest BCUT2D eigenvalue weighted by Gasteiger charge is -2.29. The summed E-state index contributed by atoms with van der Waals surface area (Å²) in [6, 6.07) is 12.1. The molecular formula is C20H18N4O5. The molecule has 0 spiro atoms. The van der Waals surface area contributed by atoms with E-state index in [9.17, 15) is 14.4 Å². The number of para-hydroxylation sites is 2. The van der Waals surface area contributed by atoms with Crippen LogP contribution in [0.3, 0.4) is 0 Å². The molecule has 0 saturated heterocycles. The van der Waals surface area contributed by atoms with E-state index in [1.165, 1.54) is 7.11 Å². The molecule has 0 unspecified atom stereocenters. The Morgan fingerprint density at radius 3 is 2.93 bits per heavy atom. The Bertz CT molecular complexity index is 1110. The third-order valence-electron chi connectivity index (χ3n) is 4.63. The van der Waals surface area contributed by atoms with Crippen LogP contribution in [0.4, 0.5) is 5.69 Å². The summed E-state index contributed by atoms with van der Waals surface area (Å²) in [4.78, 5) is 38.1. The molecular weight excluding hydrogens is 376 g/mol. The van der Waals surface area contributed by atoms with Crippen LogP contribution in [0.2, 0.25) is 0 Å². The number of methoxy groups -OCH3 is 1. The summed E-state index contributed by atoms with van der Waals surface area (Å²) in [6.07, 6.45) is 0. The maximum Gasteiger partial charge on any atom is 0.359 e. The summed E-state index contributed by atoms with van der Waals surface area (Å²) in [5.74, 6) is -0.434. The average Bonchev–Trinajstić information content (AvgIpc) is 3.18. The summed E-state index contributed by atoms with van der Waals surface area (Å²) in [5.41, 5.74) is 1.79. The highest BCUT2D eigenvalue weighted by molar-refractivity contribution is 6.05. The van der Waals surface area contributed by atoms with Gasteiger partial charge in [0, 0.05) is 24.0 Å². The predicted molar refractivity (Wildman–Crippen MR) is 104 cm³/mol. The number of carbonyl (C=O) groups excluding carboxylic acids is 3. The van der Waals surface area contributed by atoms with E-state index < -0.39 is 5.97 Å². The Morgan fingerprint density at radius 2 is 2.10 bits per heavy atom. The number of amides is 2. The van der Waals surface area contributed by atoms with Gasteiger partial charge in [0.15, 0.2) is 12.3 Å². The van der Waals surface area contributed by atoms with Crippen LogP contribution < -0.4 is 15.0 Å². The van der Waals surface area contributed by atoms with Crippen molar-refractivity contribution in [3.05, 3.63) is 53.7 Å². The van der Waals surface area contributed by atoms with E-state index >= 15 is 0 Å². The Balaban J connectivity index is 1.45. The molecule has 3 aromatic rings. The number of ether oxygens (including phenoxy) is 2. The second-order valence-corrected chi connectivity index (χ2v) is 6.38. The first-order valence-corrected chi connectivity index (χ1v) is 8.95. The predicted octanol–water partition coefficient (Wildman–Crippen LogP) is 1.50. The molecule has 9 nitrogen and oxygen atoms in total. The Kier molecular flexibility index (Phi) is 4.86. The summed E-state index contributed by atoms with van der Waals surface area (Å²) in [5, 5.41) is 9.96. The van der Waals surface area contributed by atoms with Gasteiger partial charge in [-0.15, -0.1) is 0 Å². The molecule has 1 aliphatic rings. The van der Waals surface area contributed by atoms with Gasteiger partial charge in [0.25, 0.3) is 11.8 Å². The first kappa shape index (κ1) is 18.5. The van der Waals surface area contributed by atoms with Crippen molar-refractivity contribution in [1.82, 2.24) is 15.5 Å². The van der Waals surface area contributed by atoms with Gasteiger partial charge < -0.3 is 19.7 Å². The number of anilines is 1. The monoisotopic (exact) mass is 394 g/mol. The normalized spacial score (nSPS) is 13.0. The minimum Gasteiger partial charge on any atom is -0.482 e. The van der Waals surface area contributed by atoms with Gasteiger partial charge in [0.2, 0.25) is 0 Å². The van der Waals surface area contributed by atoms with Crippen molar-refractivity contribution in [2.24, 2.45) is 0 Å². The zero-order valence-corrected chi connectivity index (χ0v) is 15.6. The number of nitrogens with zero attached hydrogens (tertiary/aromatic N) is 2. The zero-order chi connectivity index (χ0) is 20.4. The number of aromatic amines is 1. The molecule has 0 radical (unpaired) electrons. The van der Waals surface area contributed by atoms with Crippen molar-refractivity contribution in [3.8, 4) is 5.75 Å². The molecule has 0 fully saturated rings. The number of fused-ring (bicyclic) bond motifs is 2. The fourth-order valence-corrected chi connectivity index (χ4v) is 3.19. The SMILES string of the molecule is COC(=O)c1n[nH]c2ccc(C(=O)NCCN3C(=O)COc4ccccc43)cc12. The molecule has 0 saturated carbocycles. The van der Waals surface area contributed by atoms with Crippen molar-refractivity contribution >= 4 is 34.4 Å². The second kappa shape index (κ2) is 7.63. The van der Waals surface area contributed by atoms with E-state index in [1.807, 2.05) is 12.1 Å². The minimum absolute atomic E-state index is 0.0293. The Labute approximate surface area is 165 Å². The van der Waals surface area contributed by atoms with Crippen LogP contribution in [0.5, 0.6) is 5.75 Å². The number of carbonyl (C=O) groups is 3. The van der Waals surface area contributed by atoms with E-state index in [4.69, 9.17) is 9.47 Å². The maximum atomic E-state index is 12.5. The van der Waals surface area contributed by atoms with Crippen LogP contribution in [-0.2, 0) is 9.53 Å². The lowest BCUT2D eigenvalue weighted by Crippen LogP contribution is -2.43. The number of nitrogens with one attached hydrogen (secondary N) is 2. The molecule has 1 aliphatic heterocycles. The minimum atomic E-state index is -0.585. The quantitative estimate of drug-likeness (QED) is 0.634. The van der Waals surface area contributed by atoms with Crippen LogP contribution >= 0.6 is 0 Å². The smallest absolute Gasteiger partial charge is 0.359 e. The summed E-state index contributed by atoms with van der Waals surface area (Å²) in [6.45, 7) is 0.539. The van der Waals surface area contributed by atoms with Gasteiger partial charge in [0.1, 0.15) is 5.75 Å². The number of esters is 1. The molecule has 9 heteroatoms. The fraction of sp³-hybridized carbons (Fsp3) is 0.200. The second-order valence-electron chi connectivity index (χ2n) is 6.38. The van der Waals surface area contributed by atoms with Gasteiger partial charge in [-0.1, -0.05) is 12.1 Å². The topological polar surface area (TPSA) is 114 Å². The molecule has 2 aromatic carbocycles. The fourth-order valence-electron chi connectivity index (χ4n) is 3.19. The number of H-pyrrole nitrogens is 1. The average molecular weight is 394 g/mol. The van der Waals surface area contributed by atoms with Gasteiger partial charge in [-0.05, 0) is 30.3 Å². The van der Waals surface area contributed by atoms with Crippen molar-refractivity contribution in [1.29, 1.82) is 0 Å². The molecule has 0 bridgehead atoms. The largest absolute Gasteiger partial charge is 0.482 e. The van der Waals surface area contributed by atoms with E-state index in [0.717, 1.165) is 0 Å². The molecule has 0 aliphatic carbocycles. The first-order chi connectivity index (χ1) is 14.1. The standard InChI is InChI=1S/C20H18N4O5/c1-28-20(27)18-13-10-12(6-7-14(13)22-23-18)19(26)21-8-9-24-15-4-2-3-5-16(15)29-11-17(24)25/h2-7,10H,8-9,11H2,1H3,(H,21,26)(H,22,23). The molecule has 1 aromatic heterocycles. The number of hydrogen-bond donors (Lipinski definition) is 2. The Hall–Kier alpha value is -3.88. The van der Waals surface area contributed by atoms with Gasteiger partial charge in [0.05, 0.1) is 18.3 Å². The molecule has 2 amide bonds. The van der Waals surface area contributed by atoms with E-state index in [2.05, 4.69) is 15.5 Å². The number of benzene rings is 2. The van der Waals surface area contributed by atoms with Crippen molar-refractivity contribution in [3.63, 3.8) is 0 Å². The molecule has 2 N–H and O–H groups in total. The maximum absolute atomic E-state index is 12.5. The summed E-state index contributed by atoms with van der Waals surface area (Å²) in [7, 11) is 1.27. The van der Waals surface area contributed by atoms with Crippen LogP contribution in [-0.4, -0.2) is 54.8 Å². The Morgan fingerprint density at radius 1 is 1.28 bits per heavy atom. The lowest BCUT2D eigenvalue weighted by molar-refractivity contribution is -0.121. The van der Waals surface area contributed by atoms with Crippen LogP contribution in [0.25, 0.3) is 10.9 Å². The van der Waals surface area contributed by atoms with Gasteiger partial charge in [-0.25, -0.2) is 4.79 Å². The van der Waals surface area contributed by atoms with Crippen molar-refractivity contribution < 1.29 is 23.9 Å². The third kappa shape index (κ3) is 3.49.